The number of hydrogen-bond donors (Lipinski definition) is 1. The van der Waals surface area contributed by atoms with E-state index < -0.39 is 0 Å². The van der Waals surface area contributed by atoms with E-state index in [1.165, 1.54) is 0 Å². The first-order valence-corrected chi connectivity index (χ1v) is 7.88. The molecule has 0 aromatic heterocycles. The summed E-state index contributed by atoms with van der Waals surface area (Å²) in [5.74, 6) is 0.719. The van der Waals surface area contributed by atoms with E-state index >= 15 is 0 Å². The van der Waals surface area contributed by atoms with Crippen LogP contribution in [0.1, 0.15) is 35.7 Å². The van der Waals surface area contributed by atoms with Gasteiger partial charge in [0.25, 0.3) is 5.91 Å². The number of amides is 1. The second kappa shape index (κ2) is 6.22. The average molecular weight is 372 g/mol. The molecule has 1 amide bonds. The van der Waals surface area contributed by atoms with Crippen LogP contribution in [0.15, 0.2) is 18.2 Å². The Balaban J connectivity index is 2.07. The number of hydrogen-bond acceptors (Lipinski definition) is 2. The number of halogens is 1. The van der Waals surface area contributed by atoms with Crippen molar-refractivity contribution in [3.8, 4) is 0 Å². The summed E-state index contributed by atoms with van der Waals surface area (Å²) in [4.78, 5) is 14.5. The summed E-state index contributed by atoms with van der Waals surface area (Å²) in [6.45, 7) is 5.74. The van der Waals surface area contributed by atoms with Crippen LogP contribution in [0.4, 0.5) is 0 Å². The maximum atomic E-state index is 12.5. The van der Waals surface area contributed by atoms with E-state index in [0.717, 1.165) is 40.6 Å². The van der Waals surface area contributed by atoms with Crippen LogP contribution in [-0.2, 0) is 0 Å². The lowest BCUT2D eigenvalue weighted by molar-refractivity contribution is 0.0680. The lowest BCUT2D eigenvalue weighted by atomic mass is 9.90. The quantitative estimate of drug-likeness (QED) is 0.812. The van der Waals surface area contributed by atoms with Gasteiger partial charge in [-0.05, 0) is 67.3 Å². The maximum Gasteiger partial charge on any atom is 0.254 e. The normalized spacial score (nSPS) is 18.4. The number of likely N-dealkylation sites (tertiary alicyclic amines) is 1. The highest BCUT2D eigenvalue weighted by atomic mass is 127. The summed E-state index contributed by atoms with van der Waals surface area (Å²) in [6, 6.07) is 6.27. The Hall–Kier alpha value is -0.620. The molecule has 0 spiro atoms. The van der Waals surface area contributed by atoms with Gasteiger partial charge in [-0.1, -0.05) is 11.6 Å². The molecule has 3 nitrogen and oxygen atoms in total. The number of piperidine rings is 1. The third kappa shape index (κ3) is 3.48. The van der Waals surface area contributed by atoms with Crippen molar-refractivity contribution in [2.75, 3.05) is 13.1 Å². The van der Waals surface area contributed by atoms with Gasteiger partial charge in [-0.15, -0.1) is 0 Å². The molecule has 1 aromatic rings. The van der Waals surface area contributed by atoms with E-state index in [4.69, 9.17) is 5.73 Å². The van der Waals surface area contributed by atoms with Crippen LogP contribution in [-0.4, -0.2) is 29.9 Å². The van der Waals surface area contributed by atoms with Crippen LogP contribution in [0.5, 0.6) is 0 Å². The molecule has 0 aliphatic carbocycles. The van der Waals surface area contributed by atoms with Crippen molar-refractivity contribution in [1.29, 1.82) is 0 Å². The van der Waals surface area contributed by atoms with Gasteiger partial charge in [-0.2, -0.15) is 0 Å². The third-order valence-corrected chi connectivity index (χ3v) is 4.86. The van der Waals surface area contributed by atoms with E-state index in [1.54, 1.807) is 0 Å². The van der Waals surface area contributed by atoms with E-state index in [1.807, 2.05) is 30.0 Å². The van der Waals surface area contributed by atoms with Crippen molar-refractivity contribution in [3.63, 3.8) is 0 Å². The molecular formula is C15H21IN2O. The van der Waals surface area contributed by atoms with Crippen molar-refractivity contribution >= 4 is 28.5 Å². The molecule has 2 N–H and O–H groups in total. The van der Waals surface area contributed by atoms with E-state index in [9.17, 15) is 4.79 Å². The number of rotatable bonds is 2. The molecule has 1 aliphatic rings. The predicted octanol–water partition coefficient (Wildman–Crippen LogP) is 2.80. The molecule has 19 heavy (non-hydrogen) atoms. The monoisotopic (exact) mass is 372 g/mol. The molecule has 1 heterocycles. The standard InChI is InChI=1S/C15H21IN2O/c1-10-3-4-14(16)13(9-10)15(19)18-7-5-12(6-8-18)11(2)17/h3-4,9,11-12H,5-8,17H2,1-2H3. The summed E-state index contributed by atoms with van der Waals surface area (Å²) in [6.07, 6.45) is 2.04. The fourth-order valence-corrected chi connectivity index (χ4v) is 3.17. The summed E-state index contributed by atoms with van der Waals surface area (Å²) in [7, 11) is 0. The largest absolute Gasteiger partial charge is 0.339 e. The topological polar surface area (TPSA) is 46.3 Å². The highest BCUT2D eigenvalue weighted by Crippen LogP contribution is 2.23. The minimum absolute atomic E-state index is 0.163. The van der Waals surface area contributed by atoms with Crippen molar-refractivity contribution in [2.24, 2.45) is 11.7 Å². The summed E-state index contributed by atoms with van der Waals surface area (Å²) < 4.78 is 1.03. The number of benzene rings is 1. The van der Waals surface area contributed by atoms with Crippen molar-refractivity contribution < 1.29 is 4.79 Å². The molecule has 1 saturated heterocycles. The van der Waals surface area contributed by atoms with Crippen LogP contribution in [0.25, 0.3) is 0 Å². The van der Waals surface area contributed by atoms with Crippen LogP contribution in [0.2, 0.25) is 0 Å². The van der Waals surface area contributed by atoms with Crippen LogP contribution >= 0.6 is 22.6 Å². The minimum atomic E-state index is 0.163. The number of aryl methyl sites for hydroxylation is 1. The summed E-state index contributed by atoms with van der Waals surface area (Å²) in [5.41, 5.74) is 7.91. The second-order valence-electron chi connectivity index (χ2n) is 5.47. The SMILES string of the molecule is Cc1ccc(I)c(C(=O)N2CCC(C(C)N)CC2)c1. The molecule has 0 bridgehead atoms. The molecule has 104 valence electrons. The summed E-state index contributed by atoms with van der Waals surface area (Å²) in [5, 5.41) is 0. The Bertz CT molecular complexity index is 465. The molecule has 2 rings (SSSR count). The molecule has 1 aliphatic heterocycles. The van der Waals surface area contributed by atoms with E-state index in [2.05, 4.69) is 29.5 Å². The van der Waals surface area contributed by atoms with Gasteiger partial charge < -0.3 is 10.6 Å². The van der Waals surface area contributed by atoms with Gasteiger partial charge in [0.2, 0.25) is 0 Å². The summed E-state index contributed by atoms with van der Waals surface area (Å²) >= 11 is 2.24. The van der Waals surface area contributed by atoms with E-state index in [0.29, 0.717) is 5.92 Å². The number of carbonyl (C=O) groups is 1. The lowest BCUT2D eigenvalue weighted by Gasteiger charge is -2.34. The first-order valence-electron chi connectivity index (χ1n) is 6.80. The van der Waals surface area contributed by atoms with Crippen LogP contribution < -0.4 is 5.73 Å². The maximum absolute atomic E-state index is 12.5. The molecular weight excluding hydrogens is 351 g/mol. The number of nitrogens with zero attached hydrogens (tertiary/aromatic N) is 1. The van der Waals surface area contributed by atoms with Gasteiger partial charge in [-0.25, -0.2) is 0 Å². The van der Waals surface area contributed by atoms with Gasteiger partial charge in [0.15, 0.2) is 0 Å². The van der Waals surface area contributed by atoms with Gasteiger partial charge in [0, 0.05) is 22.7 Å². The van der Waals surface area contributed by atoms with Crippen LogP contribution in [0, 0.1) is 16.4 Å². The second-order valence-corrected chi connectivity index (χ2v) is 6.63. The Kier molecular flexibility index (Phi) is 4.84. The van der Waals surface area contributed by atoms with Crippen molar-refractivity contribution in [1.82, 2.24) is 4.90 Å². The Labute approximate surface area is 128 Å². The zero-order valence-corrected chi connectivity index (χ0v) is 13.7. The lowest BCUT2D eigenvalue weighted by Crippen LogP contribution is -2.42. The fourth-order valence-electron chi connectivity index (χ4n) is 2.60. The molecule has 0 radical (unpaired) electrons. The molecule has 1 fully saturated rings. The molecule has 1 atom stereocenters. The van der Waals surface area contributed by atoms with Crippen LogP contribution in [0.3, 0.4) is 0 Å². The Morgan fingerprint density at radius 2 is 2.05 bits per heavy atom. The van der Waals surface area contributed by atoms with Gasteiger partial charge in [0.1, 0.15) is 0 Å². The first kappa shape index (κ1) is 14.8. The third-order valence-electron chi connectivity index (χ3n) is 3.92. The zero-order chi connectivity index (χ0) is 14.0. The van der Waals surface area contributed by atoms with Gasteiger partial charge in [-0.3, -0.25) is 4.79 Å². The highest BCUT2D eigenvalue weighted by molar-refractivity contribution is 14.1. The predicted molar refractivity (Wildman–Crippen MR) is 86.2 cm³/mol. The first-order chi connectivity index (χ1) is 8.99. The van der Waals surface area contributed by atoms with Gasteiger partial charge >= 0.3 is 0 Å². The zero-order valence-electron chi connectivity index (χ0n) is 11.5. The van der Waals surface area contributed by atoms with Crippen molar-refractivity contribution in [2.45, 2.75) is 32.7 Å². The van der Waals surface area contributed by atoms with Gasteiger partial charge in [0.05, 0.1) is 5.56 Å². The average Bonchev–Trinajstić information content (AvgIpc) is 2.41. The molecule has 1 aromatic carbocycles. The van der Waals surface area contributed by atoms with Crippen molar-refractivity contribution in [3.05, 3.63) is 32.9 Å². The molecule has 4 heteroatoms. The molecule has 0 saturated carbocycles. The van der Waals surface area contributed by atoms with E-state index in [-0.39, 0.29) is 11.9 Å². The molecule has 1 unspecified atom stereocenters. The highest BCUT2D eigenvalue weighted by Gasteiger charge is 2.26. The fraction of sp³-hybridized carbons (Fsp3) is 0.533. The number of carbonyl (C=O) groups excluding carboxylic acids is 1. The Morgan fingerprint density at radius 3 is 2.63 bits per heavy atom. The number of nitrogens with two attached hydrogens (primary N) is 1. The Morgan fingerprint density at radius 1 is 1.42 bits per heavy atom. The smallest absolute Gasteiger partial charge is 0.254 e. The minimum Gasteiger partial charge on any atom is -0.339 e.